The van der Waals surface area contributed by atoms with Crippen molar-refractivity contribution in [3.8, 4) is 0 Å². The van der Waals surface area contributed by atoms with Crippen LogP contribution in [-0.2, 0) is 9.53 Å². The molecule has 1 saturated heterocycles. The Balaban J connectivity index is 1.77. The third-order valence-corrected chi connectivity index (χ3v) is 4.52. The van der Waals surface area contributed by atoms with Crippen LogP contribution in [0.15, 0.2) is 0 Å². The molecule has 1 saturated carbocycles. The van der Waals surface area contributed by atoms with Crippen LogP contribution >= 0.6 is 0 Å². The van der Waals surface area contributed by atoms with Crippen LogP contribution in [0.4, 0.5) is 0 Å². The standard InChI is InChI=1S/C15H27NO3/c1-12-11-19-14(10-17)9-16(12)15(18)8-7-13-5-3-2-4-6-13/h12-14,17H,2-11H2,1H3. The average Bonchev–Trinajstić information content (AvgIpc) is 2.46. The largest absolute Gasteiger partial charge is 0.394 e. The minimum atomic E-state index is -0.199. The number of hydrogen-bond donors (Lipinski definition) is 1. The highest BCUT2D eigenvalue weighted by atomic mass is 16.5. The van der Waals surface area contributed by atoms with Crippen molar-refractivity contribution in [2.24, 2.45) is 5.92 Å². The van der Waals surface area contributed by atoms with E-state index in [0.717, 1.165) is 12.3 Å². The van der Waals surface area contributed by atoms with Crippen LogP contribution in [0.25, 0.3) is 0 Å². The van der Waals surface area contributed by atoms with Gasteiger partial charge in [0.1, 0.15) is 0 Å². The number of aliphatic hydroxyl groups is 1. The zero-order valence-corrected chi connectivity index (χ0v) is 12.0. The summed E-state index contributed by atoms with van der Waals surface area (Å²) in [5, 5.41) is 9.15. The van der Waals surface area contributed by atoms with E-state index in [1.807, 2.05) is 11.8 Å². The SMILES string of the molecule is CC1COC(CO)CN1C(=O)CCC1CCCCC1. The van der Waals surface area contributed by atoms with Gasteiger partial charge in [0.25, 0.3) is 0 Å². The van der Waals surface area contributed by atoms with Crippen molar-refractivity contribution in [1.82, 2.24) is 4.90 Å². The van der Waals surface area contributed by atoms with Crippen molar-refractivity contribution in [3.05, 3.63) is 0 Å². The minimum Gasteiger partial charge on any atom is -0.394 e. The molecule has 0 bridgehead atoms. The molecule has 0 aromatic carbocycles. The second kappa shape index (κ2) is 7.25. The lowest BCUT2D eigenvalue weighted by atomic mass is 9.86. The summed E-state index contributed by atoms with van der Waals surface area (Å²) >= 11 is 0. The number of carbonyl (C=O) groups is 1. The summed E-state index contributed by atoms with van der Waals surface area (Å²) in [6.07, 6.45) is 8.12. The fourth-order valence-electron chi connectivity index (χ4n) is 3.22. The summed E-state index contributed by atoms with van der Waals surface area (Å²) in [6, 6.07) is 0.140. The molecule has 2 unspecified atom stereocenters. The molecule has 19 heavy (non-hydrogen) atoms. The van der Waals surface area contributed by atoms with Gasteiger partial charge in [-0.25, -0.2) is 0 Å². The molecule has 2 rings (SSSR count). The lowest BCUT2D eigenvalue weighted by Crippen LogP contribution is -2.52. The van der Waals surface area contributed by atoms with Gasteiger partial charge < -0.3 is 14.7 Å². The van der Waals surface area contributed by atoms with Gasteiger partial charge in [0.15, 0.2) is 0 Å². The molecular formula is C15H27NO3. The van der Waals surface area contributed by atoms with E-state index in [0.29, 0.717) is 19.6 Å². The molecule has 110 valence electrons. The van der Waals surface area contributed by atoms with Gasteiger partial charge in [-0.15, -0.1) is 0 Å². The molecule has 0 radical (unpaired) electrons. The quantitative estimate of drug-likeness (QED) is 0.848. The molecule has 4 heteroatoms. The predicted octanol–water partition coefficient (Wildman–Crippen LogP) is 1.96. The van der Waals surface area contributed by atoms with Crippen LogP contribution in [0.3, 0.4) is 0 Å². The lowest BCUT2D eigenvalue weighted by molar-refractivity contribution is -0.146. The first-order chi connectivity index (χ1) is 9.20. The van der Waals surface area contributed by atoms with Gasteiger partial charge in [-0.05, 0) is 19.3 Å². The van der Waals surface area contributed by atoms with Gasteiger partial charge in [0.05, 0.1) is 25.4 Å². The molecule has 0 aromatic rings. The van der Waals surface area contributed by atoms with Gasteiger partial charge in [-0.1, -0.05) is 32.1 Å². The van der Waals surface area contributed by atoms with Crippen molar-refractivity contribution < 1.29 is 14.6 Å². The lowest BCUT2D eigenvalue weighted by Gasteiger charge is -2.37. The highest BCUT2D eigenvalue weighted by molar-refractivity contribution is 5.76. The number of amides is 1. The summed E-state index contributed by atoms with van der Waals surface area (Å²) in [5.41, 5.74) is 0. The topological polar surface area (TPSA) is 49.8 Å². The van der Waals surface area contributed by atoms with Gasteiger partial charge in [0.2, 0.25) is 5.91 Å². The van der Waals surface area contributed by atoms with Crippen molar-refractivity contribution in [2.75, 3.05) is 19.8 Å². The van der Waals surface area contributed by atoms with Crippen LogP contribution in [0.2, 0.25) is 0 Å². The van der Waals surface area contributed by atoms with E-state index in [1.165, 1.54) is 32.1 Å². The van der Waals surface area contributed by atoms with E-state index in [9.17, 15) is 4.79 Å². The number of ether oxygens (including phenoxy) is 1. The molecule has 1 aliphatic heterocycles. The molecule has 1 aliphatic carbocycles. The molecule has 0 aromatic heterocycles. The Kier molecular flexibility index (Phi) is 5.64. The number of rotatable bonds is 4. The maximum Gasteiger partial charge on any atom is 0.222 e. The molecule has 1 amide bonds. The summed E-state index contributed by atoms with van der Waals surface area (Å²) in [5.74, 6) is 0.988. The number of nitrogens with zero attached hydrogens (tertiary/aromatic N) is 1. The van der Waals surface area contributed by atoms with Gasteiger partial charge in [-0.3, -0.25) is 4.79 Å². The van der Waals surface area contributed by atoms with Crippen molar-refractivity contribution in [3.63, 3.8) is 0 Å². The third-order valence-electron chi connectivity index (χ3n) is 4.52. The van der Waals surface area contributed by atoms with Crippen molar-refractivity contribution in [1.29, 1.82) is 0 Å². The van der Waals surface area contributed by atoms with E-state index in [-0.39, 0.29) is 24.7 Å². The van der Waals surface area contributed by atoms with Crippen LogP contribution in [-0.4, -0.2) is 47.8 Å². The fourth-order valence-corrected chi connectivity index (χ4v) is 3.22. The van der Waals surface area contributed by atoms with Crippen LogP contribution in [0.1, 0.15) is 51.9 Å². The molecule has 2 atom stereocenters. The number of aliphatic hydroxyl groups excluding tert-OH is 1. The van der Waals surface area contributed by atoms with Crippen LogP contribution < -0.4 is 0 Å². The number of hydrogen-bond acceptors (Lipinski definition) is 3. The molecule has 1 N–H and O–H groups in total. The van der Waals surface area contributed by atoms with E-state index < -0.39 is 0 Å². The monoisotopic (exact) mass is 269 g/mol. The van der Waals surface area contributed by atoms with Crippen LogP contribution in [0, 0.1) is 5.92 Å². The summed E-state index contributed by atoms with van der Waals surface area (Å²) < 4.78 is 5.47. The molecule has 0 spiro atoms. The van der Waals surface area contributed by atoms with Gasteiger partial charge in [0, 0.05) is 13.0 Å². The Morgan fingerprint density at radius 3 is 2.74 bits per heavy atom. The third kappa shape index (κ3) is 4.18. The highest BCUT2D eigenvalue weighted by Crippen LogP contribution is 2.27. The Morgan fingerprint density at radius 2 is 2.05 bits per heavy atom. The normalized spacial score (nSPS) is 29.5. The molecule has 4 nitrogen and oxygen atoms in total. The van der Waals surface area contributed by atoms with Crippen LogP contribution in [0.5, 0.6) is 0 Å². The minimum absolute atomic E-state index is 0.000868. The molecule has 1 heterocycles. The first-order valence-electron chi connectivity index (χ1n) is 7.72. The zero-order chi connectivity index (χ0) is 13.7. The highest BCUT2D eigenvalue weighted by Gasteiger charge is 2.29. The second-order valence-corrected chi connectivity index (χ2v) is 6.08. The predicted molar refractivity (Wildman–Crippen MR) is 73.8 cm³/mol. The summed E-state index contributed by atoms with van der Waals surface area (Å²) in [6.45, 7) is 3.10. The number of carbonyl (C=O) groups excluding carboxylic acids is 1. The van der Waals surface area contributed by atoms with Gasteiger partial charge >= 0.3 is 0 Å². The summed E-state index contributed by atoms with van der Waals surface area (Å²) in [4.78, 5) is 14.2. The van der Waals surface area contributed by atoms with Crippen molar-refractivity contribution in [2.45, 2.75) is 64.0 Å². The average molecular weight is 269 g/mol. The van der Waals surface area contributed by atoms with Crippen molar-refractivity contribution >= 4 is 5.91 Å². The Labute approximate surface area is 116 Å². The molecule has 2 fully saturated rings. The maximum absolute atomic E-state index is 12.3. The van der Waals surface area contributed by atoms with E-state index in [1.54, 1.807) is 0 Å². The summed E-state index contributed by atoms with van der Waals surface area (Å²) in [7, 11) is 0. The maximum atomic E-state index is 12.3. The fraction of sp³-hybridized carbons (Fsp3) is 0.933. The number of morpholine rings is 1. The first-order valence-corrected chi connectivity index (χ1v) is 7.72. The molecule has 2 aliphatic rings. The Hall–Kier alpha value is -0.610. The Bertz CT molecular complexity index is 289. The smallest absolute Gasteiger partial charge is 0.222 e. The second-order valence-electron chi connectivity index (χ2n) is 6.08. The van der Waals surface area contributed by atoms with E-state index >= 15 is 0 Å². The zero-order valence-electron chi connectivity index (χ0n) is 12.0. The Morgan fingerprint density at radius 1 is 1.32 bits per heavy atom. The molecular weight excluding hydrogens is 242 g/mol. The van der Waals surface area contributed by atoms with Gasteiger partial charge in [-0.2, -0.15) is 0 Å². The van der Waals surface area contributed by atoms with E-state index in [4.69, 9.17) is 9.84 Å². The first kappa shape index (κ1) is 14.8. The van der Waals surface area contributed by atoms with E-state index in [2.05, 4.69) is 0 Å².